The van der Waals surface area contributed by atoms with Crippen LogP contribution in [0.4, 0.5) is 0 Å². The van der Waals surface area contributed by atoms with Crippen LogP contribution in [0.3, 0.4) is 0 Å². The number of fused-ring (bicyclic) bond motifs is 5. The molecule has 0 saturated carbocycles. The molecule has 2 nitrogen and oxygen atoms in total. The van der Waals surface area contributed by atoms with Crippen LogP contribution in [-0.2, 0) is 30.5 Å². The molecule has 0 radical (unpaired) electrons. The molecule has 0 aliphatic heterocycles. The van der Waals surface area contributed by atoms with Crippen LogP contribution in [0.5, 0.6) is 5.75 Å². The summed E-state index contributed by atoms with van der Waals surface area (Å²) < 4.78 is 0. The van der Waals surface area contributed by atoms with Gasteiger partial charge >= 0.3 is 0 Å². The van der Waals surface area contributed by atoms with Crippen molar-refractivity contribution in [2.24, 2.45) is 5.92 Å². The van der Waals surface area contributed by atoms with E-state index in [1.54, 1.807) is 0 Å². The minimum atomic E-state index is 0.0501. The Labute approximate surface area is 216 Å². The lowest BCUT2D eigenvalue weighted by Gasteiger charge is -2.25. The molecule has 0 amide bonds. The molecule has 0 saturated heterocycles. The molecule has 1 aliphatic rings. The van der Waals surface area contributed by atoms with Crippen molar-refractivity contribution in [1.29, 1.82) is 0 Å². The van der Waals surface area contributed by atoms with Crippen molar-refractivity contribution in [3.05, 3.63) is 124 Å². The van der Waals surface area contributed by atoms with Crippen LogP contribution in [0.1, 0.15) is 34.2 Å². The van der Waals surface area contributed by atoms with E-state index in [-0.39, 0.29) is 5.92 Å². The van der Waals surface area contributed by atoms with Crippen molar-refractivity contribution in [2.75, 3.05) is 0 Å². The summed E-state index contributed by atoms with van der Waals surface area (Å²) in [4.78, 5) is 13.1. The summed E-state index contributed by atoms with van der Waals surface area (Å²) in [6.07, 6.45) is 3.77. The molecule has 0 aromatic heterocycles. The van der Waals surface area contributed by atoms with Crippen molar-refractivity contribution in [3.8, 4) is 5.75 Å². The lowest BCUT2D eigenvalue weighted by molar-refractivity contribution is -0.122. The Hall–Kier alpha value is -3.62. The molecule has 0 bridgehead atoms. The van der Waals surface area contributed by atoms with Gasteiger partial charge in [-0.25, -0.2) is 0 Å². The summed E-state index contributed by atoms with van der Waals surface area (Å²) in [5.74, 6) is 0.682. The van der Waals surface area contributed by atoms with E-state index in [9.17, 15) is 9.90 Å². The van der Waals surface area contributed by atoms with Gasteiger partial charge in [-0.1, -0.05) is 78.3 Å². The van der Waals surface area contributed by atoms with Crippen molar-refractivity contribution in [3.63, 3.8) is 0 Å². The summed E-state index contributed by atoms with van der Waals surface area (Å²) in [6.45, 7) is 0. The van der Waals surface area contributed by atoms with E-state index in [2.05, 4.69) is 30.3 Å². The molecule has 0 heterocycles. The molecule has 1 N–H and O–H groups in total. The van der Waals surface area contributed by atoms with Crippen LogP contribution in [0, 0.1) is 5.92 Å². The number of hydrogen-bond donors (Lipinski definition) is 1. The largest absolute Gasteiger partial charge is 0.508 e. The number of rotatable bonds is 5. The number of aromatic hydroxyl groups is 1. The van der Waals surface area contributed by atoms with Gasteiger partial charge in [-0.15, -0.1) is 0 Å². The summed E-state index contributed by atoms with van der Waals surface area (Å²) in [5, 5.41) is 16.1. The molecule has 3 heteroatoms. The fraction of sp³-hybridized carbons (Fsp3) is 0.182. The first-order chi connectivity index (χ1) is 17.5. The zero-order valence-corrected chi connectivity index (χ0v) is 20.8. The van der Waals surface area contributed by atoms with Gasteiger partial charge in [-0.3, -0.25) is 4.79 Å². The second-order valence-corrected chi connectivity index (χ2v) is 10.4. The third-order valence-corrected chi connectivity index (χ3v) is 7.87. The van der Waals surface area contributed by atoms with E-state index < -0.39 is 0 Å². The number of phenolic OH excluding ortho intramolecular Hbond substituents is 1. The third kappa shape index (κ3) is 4.38. The number of hydrogen-bond acceptors (Lipinski definition) is 2. The molecule has 1 unspecified atom stereocenters. The summed E-state index contributed by atoms with van der Waals surface area (Å²) in [7, 11) is 0. The van der Waals surface area contributed by atoms with Gasteiger partial charge in [0.25, 0.3) is 0 Å². The summed E-state index contributed by atoms with van der Waals surface area (Å²) >= 11 is 6.02. The SMILES string of the molecule is O=C(Cc1ccccc1)C1CCc2ccc3c(ccc4cc(Cc5ccc(Cl)cc5)c(O)cc43)c2C1. The maximum absolute atomic E-state index is 13.1. The Bertz CT molecular complexity index is 1590. The van der Waals surface area contributed by atoms with Gasteiger partial charge in [-0.2, -0.15) is 0 Å². The van der Waals surface area contributed by atoms with E-state index in [1.807, 2.05) is 60.7 Å². The van der Waals surface area contributed by atoms with E-state index in [1.165, 1.54) is 16.5 Å². The predicted molar refractivity (Wildman–Crippen MR) is 148 cm³/mol. The van der Waals surface area contributed by atoms with Crippen molar-refractivity contribution < 1.29 is 9.90 Å². The normalized spacial score (nSPS) is 15.2. The first-order valence-corrected chi connectivity index (χ1v) is 12.9. The highest BCUT2D eigenvalue weighted by molar-refractivity contribution is 6.30. The number of aryl methyl sites for hydroxylation is 1. The second kappa shape index (κ2) is 9.44. The molecule has 5 aromatic carbocycles. The van der Waals surface area contributed by atoms with E-state index in [0.717, 1.165) is 52.1 Å². The number of phenols is 1. The third-order valence-electron chi connectivity index (χ3n) is 7.62. The smallest absolute Gasteiger partial charge is 0.140 e. The Morgan fingerprint density at radius 1 is 0.833 bits per heavy atom. The molecule has 6 rings (SSSR count). The lowest BCUT2D eigenvalue weighted by atomic mass is 9.78. The van der Waals surface area contributed by atoms with Crippen molar-refractivity contribution in [2.45, 2.75) is 32.1 Å². The minimum Gasteiger partial charge on any atom is -0.508 e. The maximum atomic E-state index is 13.1. The summed E-state index contributed by atoms with van der Waals surface area (Å²) in [6, 6.07) is 30.5. The number of benzene rings is 5. The van der Waals surface area contributed by atoms with Gasteiger partial charge in [0.2, 0.25) is 0 Å². The van der Waals surface area contributed by atoms with Crippen LogP contribution in [0.25, 0.3) is 21.5 Å². The Balaban J connectivity index is 1.33. The molecule has 5 aromatic rings. The van der Waals surface area contributed by atoms with Gasteiger partial charge in [-0.05, 0) is 92.9 Å². The van der Waals surface area contributed by atoms with Crippen LogP contribution in [0.15, 0.2) is 91.0 Å². The van der Waals surface area contributed by atoms with Crippen LogP contribution >= 0.6 is 11.6 Å². The Morgan fingerprint density at radius 3 is 2.42 bits per heavy atom. The number of ketones is 1. The fourth-order valence-corrected chi connectivity index (χ4v) is 5.79. The quantitative estimate of drug-likeness (QED) is 0.254. The van der Waals surface area contributed by atoms with E-state index in [4.69, 9.17) is 11.6 Å². The second-order valence-electron chi connectivity index (χ2n) is 9.94. The number of carbonyl (C=O) groups excluding carboxylic acids is 1. The standard InChI is InChI=1S/C33H27ClO2/c34-27-12-6-22(7-13-27)16-26-18-24-11-15-28-29(31(24)20-33(26)36)14-10-23-8-9-25(19-30(23)28)32(35)17-21-4-2-1-3-5-21/h1-7,10-15,18,20,25,36H,8-9,16-17,19H2. The fourth-order valence-electron chi connectivity index (χ4n) is 5.66. The average Bonchev–Trinajstić information content (AvgIpc) is 2.90. The monoisotopic (exact) mass is 490 g/mol. The number of halogens is 1. The molecule has 36 heavy (non-hydrogen) atoms. The molecule has 1 atom stereocenters. The highest BCUT2D eigenvalue weighted by Gasteiger charge is 2.26. The van der Waals surface area contributed by atoms with Gasteiger partial charge in [0.05, 0.1) is 0 Å². The molecule has 1 aliphatic carbocycles. The Kier molecular flexibility index (Phi) is 5.99. The Morgan fingerprint density at radius 2 is 1.61 bits per heavy atom. The molecule has 0 spiro atoms. The van der Waals surface area contributed by atoms with Crippen LogP contribution in [-0.4, -0.2) is 10.9 Å². The first kappa shape index (κ1) is 22.8. The number of carbonyl (C=O) groups is 1. The lowest BCUT2D eigenvalue weighted by Crippen LogP contribution is -2.24. The highest BCUT2D eigenvalue weighted by atomic mass is 35.5. The molecular formula is C33H27ClO2. The van der Waals surface area contributed by atoms with Crippen molar-refractivity contribution in [1.82, 2.24) is 0 Å². The summed E-state index contributed by atoms with van der Waals surface area (Å²) in [5.41, 5.74) is 5.72. The van der Waals surface area contributed by atoms with E-state index in [0.29, 0.717) is 29.4 Å². The van der Waals surface area contributed by atoms with Gasteiger partial charge in [0.15, 0.2) is 0 Å². The molecule has 0 fully saturated rings. The molecular weight excluding hydrogens is 464 g/mol. The van der Waals surface area contributed by atoms with E-state index >= 15 is 0 Å². The maximum Gasteiger partial charge on any atom is 0.140 e. The topological polar surface area (TPSA) is 37.3 Å². The van der Waals surface area contributed by atoms with Gasteiger partial charge in [0, 0.05) is 23.8 Å². The highest BCUT2D eigenvalue weighted by Crippen LogP contribution is 2.37. The van der Waals surface area contributed by atoms with Crippen molar-refractivity contribution >= 4 is 38.9 Å². The zero-order chi connectivity index (χ0) is 24.6. The van der Waals surface area contributed by atoms with Gasteiger partial charge in [0.1, 0.15) is 11.5 Å². The average molecular weight is 491 g/mol. The predicted octanol–water partition coefficient (Wildman–Crippen LogP) is 7.86. The van der Waals surface area contributed by atoms with Crippen LogP contribution in [0.2, 0.25) is 5.02 Å². The van der Waals surface area contributed by atoms with Crippen LogP contribution < -0.4 is 0 Å². The molecule has 178 valence electrons. The first-order valence-electron chi connectivity index (χ1n) is 12.6. The zero-order valence-electron chi connectivity index (χ0n) is 20.0. The number of Topliss-reactive ketones (excluding diaryl/α,β-unsaturated/α-hetero) is 1. The minimum absolute atomic E-state index is 0.0501. The van der Waals surface area contributed by atoms with Gasteiger partial charge < -0.3 is 5.11 Å².